The second-order valence-electron chi connectivity index (χ2n) is 7.29. The summed E-state index contributed by atoms with van der Waals surface area (Å²) in [5, 5.41) is 3.10. The van der Waals surface area contributed by atoms with Crippen LogP contribution in [0.1, 0.15) is 62.0 Å². The van der Waals surface area contributed by atoms with Gasteiger partial charge in [0.1, 0.15) is 6.54 Å². The number of benzene rings is 1. The van der Waals surface area contributed by atoms with Crippen molar-refractivity contribution in [2.24, 2.45) is 4.99 Å². The normalized spacial score (nSPS) is 11.7. The molecule has 1 N–H and O–H groups in total. The molecule has 0 spiro atoms. The van der Waals surface area contributed by atoms with Gasteiger partial charge in [-0.15, -0.1) is 11.3 Å². The first-order valence-corrected chi connectivity index (χ1v) is 10.6. The average Bonchev–Trinajstić information content (AvgIpc) is 3.32. The first-order chi connectivity index (χ1) is 14.2. The van der Waals surface area contributed by atoms with Crippen molar-refractivity contribution in [3.8, 4) is 5.69 Å². The molecule has 30 heavy (non-hydrogen) atoms. The summed E-state index contributed by atoms with van der Waals surface area (Å²) in [6.45, 7) is 9.30. The highest BCUT2D eigenvalue weighted by Crippen LogP contribution is 2.19. The number of nitrogens with zero attached hydrogens (tertiary/aromatic N) is 2. The topological polar surface area (TPSA) is 84.3 Å². The first-order valence-electron chi connectivity index (χ1n) is 9.79. The molecule has 0 fully saturated rings. The van der Waals surface area contributed by atoms with Crippen LogP contribution in [0.3, 0.4) is 0 Å². The van der Waals surface area contributed by atoms with Crippen LogP contribution in [0.4, 0.5) is 0 Å². The zero-order valence-electron chi connectivity index (χ0n) is 17.8. The maximum absolute atomic E-state index is 13.0. The zero-order valence-corrected chi connectivity index (χ0v) is 18.6. The Bertz CT molecular complexity index is 1210. The van der Waals surface area contributed by atoms with Gasteiger partial charge in [0, 0.05) is 17.8 Å². The van der Waals surface area contributed by atoms with Crippen LogP contribution in [0.2, 0.25) is 0 Å². The number of aliphatic imine (C=N–C) groups is 1. The van der Waals surface area contributed by atoms with Gasteiger partial charge in [0.2, 0.25) is 0 Å². The number of aromatic nitrogens is 2. The summed E-state index contributed by atoms with van der Waals surface area (Å²) in [7, 11) is 0. The summed E-state index contributed by atoms with van der Waals surface area (Å²) < 4.78 is 1.50. The number of Topliss-reactive ketones (excluding diaryl/α,β-unsaturated/α-hetero) is 2. The predicted molar refractivity (Wildman–Crippen MR) is 121 cm³/mol. The molecule has 0 bridgehead atoms. The molecule has 2 heterocycles. The monoisotopic (exact) mass is 423 g/mol. The molecule has 0 aliphatic heterocycles. The Morgan fingerprint density at radius 2 is 1.70 bits per heavy atom. The Balaban J connectivity index is 1.84. The number of nitrogens with one attached hydrogen (secondary N) is 1. The Kier molecular flexibility index (Phi) is 6.31. The maximum atomic E-state index is 13.0. The van der Waals surface area contributed by atoms with Crippen molar-refractivity contribution in [2.75, 3.05) is 6.54 Å². The Hall–Kier alpha value is -3.06. The van der Waals surface area contributed by atoms with Crippen LogP contribution in [0.25, 0.3) is 5.69 Å². The molecule has 0 unspecified atom stereocenters. The van der Waals surface area contributed by atoms with E-state index in [4.69, 9.17) is 0 Å². The summed E-state index contributed by atoms with van der Waals surface area (Å²) in [6.07, 6.45) is 0.408. The van der Waals surface area contributed by atoms with Gasteiger partial charge < -0.3 is 0 Å². The minimum atomic E-state index is -0.198. The Morgan fingerprint density at radius 1 is 1.03 bits per heavy atom. The third-order valence-corrected chi connectivity index (χ3v) is 6.29. The number of rotatable bonds is 7. The summed E-state index contributed by atoms with van der Waals surface area (Å²) in [5.41, 5.74) is 4.48. The van der Waals surface area contributed by atoms with Crippen LogP contribution in [-0.2, 0) is 0 Å². The second kappa shape index (κ2) is 8.75. The summed E-state index contributed by atoms with van der Waals surface area (Å²) >= 11 is 1.19. The van der Waals surface area contributed by atoms with Crippen LogP contribution in [-0.4, -0.2) is 33.6 Å². The van der Waals surface area contributed by atoms with Gasteiger partial charge in [-0.1, -0.05) is 13.0 Å². The van der Waals surface area contributed by atoms with Crippen LogP contribution < -0.4 is 5.56 Å². The number of hydrogen-bond acceptors (Lipinski definition) is 5. The molecule has 156 valence electrons. The highest BCUT2D eigenvalue weighted by atomic mass is 32.1. The van der Waals surface area contributed by atoms with Gasteiger partial charge in [-0.3, -0.25) is 24.5 Å². The predicted octanol–water partition coefficient (Wildman–Crippen LogP) is 4.44. The molecule has 1 aromatic carbocycles. The zero-order chi connectivity index (χ0) is 22.0. The fourth-order valence-corrected chi connectivity index (χ4v) is 4.12. The van der Waals surface area contributed by atoms with E-state index in [1.54, 1.807) is 26.0 Å². The molecule has 7 heteroatoms. The molecule has 0 radical (unpaired) electrons. The lowest BCUT2D eigenvalue weighted by Crippen LogP contribution is -2.20. The highest BCUT2D eigenvalue weighted by molar-refractivity contribution is 7.16. The number of carbonyl (C=O) groups is 2. The van der Waals surface area contributed by atoms with Crippen molar-refractivity contribution in [2.45, 2.75) is 41.0 Å². The Morgan fingerprint density at radius 3 is 2.33 bits per heavy atom. The molecule has 0 aliphatic carbocycles. The minimum absolute atomic E-state index is 0.0218. The van der Waals surface area contributed by atoms with Crippen molar-refractivity contribution in [1.29, 1.82) is 0 Å². The highest BCUT2D eigenvalue weighted by Gasteiger charge is 2.17. The number of thiophene rings is 1. The number of carbonyl (C=O) groups excluding carboxylic acids is 2. The van der Waals surface area contributed by atoms with Crippen LogP contribution >= 0.6 is 11.3 Å². The van der Waals surface area contributed by atoms with Gasteiger partial charge in [-0.05, 0) is 63.1 Å². The van der Waals surface area contributed by atoms with Crippen molar-refractivity contribution >= 4 is 28.6 Å². The molecule has 0 atom stereocenters. The third kappa shape index (κ3) is 4.26. The molecule has 0 amide bonds. The fraction of sp³-hybridized carbons (Fsp3) is 0.304. The van der Waals surface area contributed by atoms with Crippen molar-refractivity contribution < 1.29 is 9.59 Å². The molecule has 3 aromatic rings. The minimum Gasteiger partial charge on any atom is -0.295 e. The lowest BCUT2D eigenvalue weighted by atomic mass is 10.1. The maximum Gasteiger partial charge on any atom is 0.280 e. The van der Waals surface area contributed by atoms with E-state index >= 15 is 0 Å². The first kappa shape index (κ1) is 21.6. The molecule has 3 rings (SSSR count). The SMILES string of the molecule is CCC(=O)c1ccc(C(=O)CN=C(C)c2c(C)[nH]n(-c3ccc(C)c(C)c3)c2=O)s1. The standard InChI is InChI=1S/C23H25N3O3S/c1-6-18(27)20-9-10-21(30-20)19(28)12-24-15(4)22-16(5)25-26(23(22)29)17-8-7-13(2)14(3)11-17/h7-11,25H,6,12H2,1-5H3. The van der Waals surface area contributed by atoms with Gasteiger partial charge in [-0.25, -0.2) is 4.68 Å². The number of hydrogen-bond donors (Lipinski definition) is 1. The van der Waals surface area contributed by atoms with E-state index in [9.17, 15) is 14.4 Å². The molecule has 0 saturated heterocycles. The van der Waals surface area contributed by atoms with Crippen molar-refractivity contribution in [3.63, 3.8) is 0 Å². The number of ketones is 2. The van der Waals surface area contributed by atoms with Gasteiger partial charge in [-0.2, -0.15) is 0 Å². The number of H-pyrrole nitrogens is 1. The summed E-state index contributed by atoms with van der Waals surface area (Å²) in [6, 6.07) is 9.17. The van der Waals surface area contributed by atoms with E-state index in [1.165, 1.54) is 16.0 Å². The van der Waals surface area contributed by atoms with E-state index in [0.717, 1.165) is 16.8 Å². The van der Waals surface area contributed by atoms with Gasteiger partial charge >= 0.3 is 0 Å². The fourth-order valence-electron chi connectivity index (χ4n) is 3.18. The van der Waals surface area contributed by atoms with Crippen LogP contribution in [0.15, 0.2) is 40.1 Å². The molecule has 0 aliphatic rings. The van der Waals surface area contributed by atoms with Crippen molar-refractivity contribution in [3.05, 3.63) is 72.8 Å². The van der Waals surface area contributed by atoms with Gasteiger partial charge in [0.05, 0.1) is 21.0 Å². The van der Waals surface area contributed by atoms with E-state index in [-0.39, 0.29) is 23.7 Å². The molecular weight excluding hydrogens is 398 g/mol. The van der Waals surface area contributed by atoms with Gasteiger partial charge in [0.25, 0.3) is 5.56 Å². The largest absolute Gasteiger partial charge is 0.295 e. The lowest BCUT2D eigenvalue weighted by molar-refractivity contribution is 0.0989. The Labute approximate surface area is 179 Å². The molecular formula is C23H25N3O3S. The van der Waals surface area contributed by atoms with E-state index in [2.05, 4.69) is 10.1 Å². The average molecular weight is 424 g/mol. The summed E-state index contributed by atoms with van der Waals surface area (Å²) in [5.74, 6) is -0.147. The summed E-state index contributed by atoms with van der Waals surface area (Å²) in [4.78, 5) is 42.7. The van der Waals surface area contributed by atoms with E-state index in [1.807, 2.05) is 39.0 Å². The third-order valence-electron chi connectivity index (χ3n) is 5.12. The van der Waals surface area contributed by atoms with E-state index < -0.39 is 0 Å². The van der Waals surface area contributed by atoms with E-state index in [0.29, 0.717) is 33.1 Å². The quantitative estimate of drug-likeness (QED) is 0.450. The molecule has 0 saturated carbocycles. The molecule has 2 aromatic heterocycles. The number of aromatic amines is 1. The van der Waals surface area contributed by atoms with Gasteiger partial charge in [0.15, 0.2) is 11.6 Å². The van der Waals surface area contributed by atoms with Crippen LogP contribution in [0.5, 0.6) is 0 Å². The van der Waals surface area contributed by atoms with Crippen molar-refractivity contribution in [1.82, 2.24) is 9.78 Å². The lowest BCUT2D eigenvalue weighted by Gasteiger charge is -2.05. The second-order valence-corrected chi connectivity index (χ2v) is 8.37. The van der Waals surface area contributed by atoms with Crippen LogP contribution in [0, 0.1) is 20.8 Å². The smallest absolute Gasteiger partial charge is 0.280 e. The number of aryl methyl sites for hydroxylation is 3. The molecule has 6 nitrogen and oxygen atoms in total.